The number of unbranched alkanes of at least 4 members (excludes halogenated alkanes) is 1. The van der Waals surface area contributed by atoms with Gasteiger partial charge in [0.2, 0.25) is 33.3 Å². The third-order valence-electron chi connectivity index (χ3n) is 11.5. The Bertz CT molecular complexity index is 2180. The van der Waals surface area contributed by atoms with E-state index in [1.165, 1.54) is 33.2 Å². The minimum Gasteiger partial charge on any atom is -0.494 e. The first-order chi connectivity index (χ1) is 28.8. The molecule has 2 aromatic rings. The third kappa shape index (κ3) is 10.2. The molecule has 2 saturated carbocycles. The van der Waals surface area contributed by atoms with Crippen molar-refractivity contribution in [1.82, 2.24) is 19.9 Å². The number of ether oxygens (including phenoxy) is 3. The lowest BCUT2D eigenvalue weighted by Crippen LogP contribution is -2.58. The maximum Gasteiger partial charge on any atom is 0.427 e. The molecular weight excluding hydrogens is 851 g/mol. The maximum absolute atomic E-state index is 14.9. The number of rotatable bonds is 18. The van der Waals surface area contributed by atoms with Gasteiger partial charge in [-0.15, -0.1) is 0 Å². The molecule has 344 valence electrons. The molecule has 5 atom stereocenters. The van der Waals surface area contributed by atoms with Gasteiger partial charge in [-0.1, -0.05) is 46.3 Å². The van der Waals surface area contributed by atoms with Crippen LogP contribution in [0.25, 0.3) is 10.8 Å². The van der Waals surface area contributed by atoms with E-state index in [0.717, 1.165) is 37.7 Å². The molecule has 2 heterocycles. The minimum atomic E-state index is -4.91. The van der Waals surface area contributed by atoms with Gasteiger partial charge in [0.1, 0.15) is 23.7 Å². The molecule has 4 N–H and O–H groups in total. The first-order valence-electron chi connectivity index (χ1n) is 20.3. The number of aliphatic imine (C=N–C) groups is 1. The average molecular weight is 905 g/mol. The number of hydrogen-bond acceptors (Lipinski definition) is 10. The summed E-state index contributed by atoms with van der Waals surface area (Å²) in [5, 5.41) is 3.31. The van der Waals surface area contributed by atoms with Crippen LogP contribution in [0.15, 0.2) is 41.5 Å². The summed E-state index contributed by atoms with van der Waals surface area (Å²) in [4.78, 5) is 52.2. The van der Waals surface area contributed by atoms with Crippen molar-refractivity contribution < 1.29 is 63.4 Å². The molecule has 1 aromatic carbocycles. The quantitative estimate of drug-likeness (QED) is 0.0532. The summed E-state index contributed by atoms with van der Waals surface area (Å²) < 4.78 is 126. The van der Waals surface area contributed by atoms with E-state index in [2.05, 4.69) is 29.1 Å². The predicted octanol–water partition coefficient (Wildman–Crippen LogP) is 5.93. The number of amidine groups is 1. The van der Waals surface area contributed by atoms with Crippen molar-refractivity contribution >= 4 is 44.5 Å². The van der Waals surface area contributed by atoms with Crippen LogP contribution < -0.4 is 25.2 Å². The van der Waals surface area contributed by atoms with Crippen LogP contribution in [0.2, 0.25) is 0 Å². The number of carbonyl (C=O) groups is 3. The number of likely N-dealkylation sites (tertiary alicyclic amines) is 1. The number of sulfonamides is 1. The van der Waals surface area contributed by atoms with Crippen molar-refractivity contribution in [1.29, 1.82) is 0 Å². The van der Waals surface area contributed by atoms with Gasteiger partial charge in [-0.25, -0.2) is 31.6 Å². The molecule has 0 bridgehead atoms. The van der Waals surface area contributed by atoms with E-state index in [0.29, 0.717) is 17.7 Å². The number of carbonyl (C=O) groups excluding carboxylic acids is 3. The lowest BCUT2D eigenvalue weighted by molar-refractivity contribution is -0.239. The van der Waals surface area contributed by atoms with Crippen molar-refractivity contribution in [3.8, 4) is 11.6 Å². The summed E-state index contributed by atoms with van der Waals surface area (Å²) >= 11 is 0. The monoisotopic (exact) mass is 904 g/mol. The molecule has 0 radical (unpaired) electrons. The molecule has 2 aliphatic carbocycles. The maximum atomic E-state index is 14.9. The van der Waals surface area contributed by atoms with E-state index >= 15 is 0 Å². The van der Waals surface area contributed by atoms with Gasteiger partial charge in [-0.2, -0.15) is 13.2 Å². The Morgan fingerprint density at radius 2 is 1.81 bits per heavy atom. The fraction of sp³-hybridized carbons (Fsp3) is 0.634. The highest BCUT2D eigenvalue weighted by Crippen LogP contribution is 2.50. The van der Waals surface area contributed by atoms with Crippen LogP contribution in [0.5, 0.6) is 11.6 Å². The molecule has 3 fully saturated rings. The van der Waals surface area contributed by atoms with Crippen LogP contribution in [-0.4, -0.2) is 102 Å². The van der Waals surface area contributed by atoms with Crippen LogP contribution in [0.3, 0.4) is 0 Å². The lowest BCUT2D eigenvalue weighted by Gasteiger charge is -2.31. The fourth-order valence-corrected chi connectivity index (χ4v) is 8.81. The minimum absolute atomic E-state index is 0.0535. The molecule has 1 aliphatic heterocycles. The van der Waals surface area contributed by atoms with E-state index in [4.69, 9.17) is 19.9 Å². The number of nitrogens with two attached hydrogens (primary N) is 1. The first kappa shape index (κ1) is 48.2. The summed E-state index contributed by atoms with van der Waals surface area (Å²) in [6, 6.07) is 0.161. The Kier molecular flexibility index (Phi) is 14.1. The Morgan fingerprint density at radius 3 is 2.39 bits per heavy atom. The highest BCUT2D eigenvalue weighted by molar-refractivity contribution is 7.91. The lowest BCUT2D eigenvalue weighted by atomic mass is 10.0. The third-order valence-corrected chi connectivity index (χ3v) is 13.6. The summed E-state index contributed by atoms with van der Waals surface area (Å²) in [7, 11) is -3.63. The molecule has 62 heavy (non-hydrogen) atoms. The van der Waals surface area contributed by atoms with E-state index in [-0.39, 0.29) is 49.2 Å². The number of nitrogens with zero attached hydrogens (tertiary/aromatic N) is 3. The van der Waals surface area contributed by atoms with E-state index in [1.807, 2.05) is 0 Å². The van der Waals surface area contributed by atoms with Crippen LogP contribution >= 0.6 is 0 Å². The second-order valence-electron chi connectivity index (χ2n) is 17.4. The number of hydrogen-bond donors (Lipinski definition) is 3. The fourth-order valence-electron chi connectivity index (χ4n) is 7.30. The summed E-state index contributed by atoms with van der Waals surface area (Å²) in [6.45, 7) is 8.25. The summed E-state index contributed by atoms with van der Waals surface area (Å²) in [5.41, 5.74) is 1.09. The van der Waals surface area contributed by atoms with Crippen molar-refractivity contribution in [3.63, 3.8) is 0 Å². The number of aromatic nitrogens is 1. The van der Waals surface area contributed by atoms with Gasteiger partial charge in [0, 0.05) is 23.9 Å². The Morgan fingerprint density at radius 1 is 1.13 bits per heavy atom. The largest absolute Gasteiger partial charge is 0.494 e. The smallest absolute Gasteiger partial charge is 0.427 e. The van der Waals surface area contributed by atoms with Gasteiger partial charge in [-0.3, -0.25) is 19.1 Å². The normalized spacial score (nSPS) is 23.3. The molecule has 1 aromatic heterocycles. The van der Waals surface area contributed by atoms with Crippen molar-refractivity contribution in [3.05, 3.63) is 42.4 Å². The molecule has 14 nitrogen and oxygen atoms in total. The number of halogens is 6. The Labute approximate surface area is 356 Å². The van der Waals surface area contributed by atoms with Crippen LogP contribution in [0, 0.1) is 23.6 Å². The van der Waals surface area contributed by atoms with Gasteiger partial charge in [-0.05, 0) is 81.4 Å². The van der Waals surface area contributed by atoms with Crippen molar-refractivity contribution in [2.24, 2.45) is 28.5 Å². The van der Waals surface area contributed by atoms with Gasteiger partial charge in [0.15, 0.2) is 16.3 Å². The zero-order valence-electron chi connectivity index (χ0n) is 35.5. The number of nitrogens with one attached hydrogen (secondary N) is 2. The highest BCUT2D eigenvalue weighted by atomic mass is 32.2. The number of fused-ring (bicyclic) bond motifs is 1. The molecule has 0 unspecified atom stereocenters. The topological polar surface area (TPSA) is 192 Å². The Balaban J connectivity index is 1.49. The van der Waals surface area contributed by atoms with Gasteiger partial charge >= 0.3 is 6.18 Å². The van der Waals surface area contributed by atoms with Crippen molar-refractivity contribution in [2.45, 2.75) is 133 Å². The average Bonchev–Trinajstić information content (AvgIpc) is 4.08. The number of benzene rings is 1. The van der Waals surface area contributed by atoms with Crippen LogP contribution in [0.4, 0.5) is 26.3 Å². The van der Waals surface area contributed by atoms with Gasteiger partial charge < -0.3 is 30.2 Å². The van der Waals surface area contributed by atoms with E-state index in [1.54, 1.807) is 22.9 Å². The number of alkyl halides is 5. The standard InChI is InChI=1S/C41H54F6N6O8S/c1-22(2)11-9-8-10-12-25-20-40(25,36(56)52-62(57,58)39(14-15-39)35(43)44)51-32(54)29-18-26(60-33-27-19-28(42)30(59-7)17-24(27)13-16-49-33)21-53(29)34(55)31(23(3)4)50-37(48)61-38(5,6)41(45,46)47/h10,12-13,16-17,19,22-23,25-26,29,31,35H,8-9,11,14-15,18,20-21H2,1-7H3,(H2,48,50)(H,51,54)(H,52,56)/b12-10-/t25-,26-,29+,31+,40-/m1/s1. The zero-order chi connectivity index (χ0) is 46.2. The molecule has 5 rings (SSSR count). The van der Waals surface area contributed by atoms with E-state index < -0.39 is 98.1 Å². The van der Waals surface area contributed by atoms with Crippen LogP contribution in [0.1, 0.15) is 86.5 Å². The zero-order valence-corrected chi connectivity index (χ0v) is 36.3. The number of allylic oxidation sites excluding steroid dienone is 1. The second-order valence-corrected chi connectivity index (χ2v) is 19.4. The number of pyridine rings is 1. The SMILES string of the molecule is COc1cc2ccnc(O[C@@H]3C[C@@H](C(=O)N[C@]4(C(=O)NS(=O)(=O)C5(C(F)F)CC5)C[C@H]4/C=C\CCCC(C)C)N(C(=O)[C@@H](N=C(N)OC(C)(C)C(F)(F)F)C(C)C)C3)c2cc1F. The number of amides is 3. The molecule has 3 amide bonds. The van der Waals surface area contributed by atoms with Crippen LogP contribution in [-0.2, 0) is 29.1 Å². The van der Waals surface area contributed by atoms with E-state index in [9.17, 15) is 49.1 Å². The molecular formula is C41H54F6N6O8S. The second kappa shape index (κ2) is 18.1. The molecule has 1 saturated heterocycles. The van der Waals surface area contributed by atoms with Gasteiger partial charge in [0.25, 0.3) is 18.4 Å². The number of methoxy groups -OCH3 is 1. The Hall–Kier alpha value is -4.82. The molecule has 21 heteroatoms. The molecule has 0 spiro atoms. The van der Waals surface area contributed by atoms with Crippen molar-refractivity contribution in [2.75, 3.05) is 13.7 Å². The summed E-state index contributed by atoms with van der Waals surface area (Å²) in [6.07, 6.45) is -3.24. The summed E-state index contributed by atoms with van der Waals surface area (Å²) in [5.74, 6) is -5.04. The predicted molar refractivity (Wildman–Crippen MR) is 216 cm³/mol. The molecule has 3 aliphatic rings. The van der Waals surface area contributed by atoms with Gasteiger partial charge in [0.05, 0.1) is 13.7 Å². The first-order valence-corrected chi connectivity index (χ1v) is 21.8. The highest BCUT2D eigenvalue weighted by Gasteiger charge is 2.66.